The van der Waals surface area contributed by atoms with Crippen LogP contribution in [0.15, 0.2) is 0 Å². The van der Waals surface area contributed by atoms with Gasteiger partial charge in [-0.2, -0.15) is 0 Å². The molecule has 0 saturated carbocycles. The predicted octanol–water partition coefficient (Wildman–Crippen LogP) is 1.12. The van der Waals surface area contributed by atoms with Crippen molar-refractivity contribution in [1.82, 2.24) is 4.81 Å². The maximum absolute atomic E-state index is 9.49. The maximum atomic E-state index is 9.49. The second-order valence-corrected chi connectivity index (χ2v) is 3.83. The van der Waals surface area contributed by atoms with E-state index in [9.17, 15) is 5.02 Å². The Morgan fingerprint density at radius 1 is 1.69 bits per heavy atom. The van der Waals surface area contributed by atoms with Gasteiger partial charge in [0, 0.05) is 0 Å². The second kappa shape index (κ2) is 4.64. The highest BCUT2D eigenvalue weighted by Crippen LogP contribution is 2.26. The summed E-state index contributed by atoms with van der Waals surface area (Å²) < 4.78 is 0. The van der Waals surface area contributed by atoms with Crippen molar-refractivity contribution in [3.8, 4) is 0 Å². The molecule has 0 aromatic carbocycles. The Morgan fingerprint density at radius 2 is 2.38 bits per heavy atom. The summed E-state index contributed by atoms with van der Waals surface area (Å²) in [5.74, 6) is 0.668. The van der Waals surface area contributed by atoms with Crippen molar-refractivity contribution in [3.05, 3.63) is 11.4 Å². The molecule has 1 heterocycles. The van der Waals surface area contributed by atoms with Crippen LogP contribution in [0.25, 0.3) is 4.85 Å². The highest BCUT2D eigenvalue weighted by atomic mass is 16.2. The Morgan fingerprint density at radius 3 is 2.85 bits per heavy atom. The van der Waals surface area contributed by atoms with Gasteiger partial charge in [-0.25, -0.2) is 6.57 Å². The van der Waals surface area contributed by atoms with Gasteiger partial charge in [-0.3, -0.25) is 0 Å². The van der Waals surface area contributed by atoms with Crippen LogP contribution in [-0.4, -0.2) is 36.0 Å². The highest BCUT2D eigenvalue weighted by molar-refractivity contribution is 6.45. The van der Waals surface area contributed by atoms with E-state index in [1.54, 1.807) is 6.82 Å². The third-order valence-corrected chi connectivity index (χ3v) is 2.90. The lowest BCUT2D eigenvalue weighted by atomic mass is 9.84. The summed E-state index contributed by atoms with van der Waals surface area (Å²) in [5.41, 5.74) is 0. The van der Waals surface area contributed by atoms with Gasteiger partial charge in [-0.1, -0.05) is 13.3 Å². The molecule has 1 fully saturated rings. The molecule has 0 aliphatic carbocycles. The molecule has 0 unspecified atom stereocenters. The van der Waals surface area contributed by atoms with Crippen LogP contribution >= 0.6 is 0 Å². The van der Waals surface area contributed by atoms with Gasteiger partial charge in [-0.15, -0.1) is 0 Å². The summed E-state index contributed by atoms with van der Waals surface area (Å²) in [6.45, 7) is 12.3. The summed E-state index contributed by atoms with van der Waals surface area (Å²) in [4.78, 5) is 5.46. The standard InChI is InChI=1S/C9H17BN2O/c1-4-8-5-9(6-11-3)12(7-8)10(2)13/h8-9,13H,4-7H2,1-2H3/t8-,9+/m1/s1. The van der Waals surface area contributed by atoms with Crippen LogP contribution in [0.5, 0.6) is 0 Å². The summed E-state index contributed by atoms with van der Waals surface area (Å²) in [5, 5.41) is 9.49. The van der Waals surface area contributed by atoms with Gasteiger partial charge < -0.3 is 14.7 Å². The number of hydrogen-bond donors (Lipinski definition) is 1. The molecule has 0 amide bonds. The minimum atomic E-state index is -0.400. The SMILES string of the molecule is [C-]#[N+]C[C@@H]1C[C@@H](CC)CN1B(C)O. The molecule has 0 aromatic heterocycles. The maximum Gasteiger partial charge on any atom is 0.376 e. The molecule has 3 nitrogen and oxygen atoms in total. The van der Waals surface area contributed by atoms with Crippen LogP contribution in [0.3, 0.4) is 0 Å². The van der Waals surface area contributed by atoms with E-state index in [1.165, 1.54) is 0 Å². The highest BCUT2D eigenvalue weighted by Gasteiger charge is 2.36. The van der Waals surface area contributed by atoms with Crippen molar-refractivity contribution >= 4 is 7.05 Å². The molecular weight excluding hydrogens is 163 g/mol. The molecule has 1 N–H and O–H groups in total. The largest absolute Gasteiger partial charge is 0.437 e. The van der Waals surface area contributed by atoms with Crippen molar-refractivity contribution in [3.63, 3.8) is 0 Å². The van der Waals surface area contributed by atoms with Crippen LogP contribution < -0.4 is 0 Å². The normalized spacial score (nSPS) is 28.8. The first-order valence-electron chi connectivity index (χ1n) is 4.96. The van der Waals surface area contributed by atoms with Gasteiger partial charge in [0.25, 0.3) is 0 Å². The van der Waals surface area contributed by atoms with Gasteiger partial charge in [0.15, 0.2) is 0 Å². The Kier molecular flexibility index (Phi) is 3.77. The zero-order valence-electron chi connectivity index (χ0n) is 8.40. The summed E-state index contributed by atoms with van der Waals surface area (Å²) in [6.07, 6.45) is 2.22. The molecule has 0 bridgehead atoms. The molecule has 72 valence electrons. The van der Waals surface area contributed by atoms with E-state index in [1.807, 2.05) is 4.81 Å². The molecule has 2 atom stereocenters. The van der Waals surface area contributed by atoms with Crippen molar-refractivity contribution in [2.45, 2.75) is 32.6 Å². The van der Waals surface area contributed by atoms with Gasteiger partial charge >= 0.3 is 7.05 Å². The topological polar surface area (TPSA) is 27.8 Å². The average Bonchev–Trinajstić information content (AvgIpc) is 2.48. The molecule has 0 spiro atoms. The predicted molar refractivity (Wildman–Crippen MR) is 54.2 cm³/mol. The van der Waals surface area contributed by atoms with Gasteiger partial charge in [-0.05, 0) is 25.7 Å². The summed E-state index contributed by atoms with van der Waals surface area (Å²) in [6, 6.07) is 0.280. The minimum Gasteiger partial charge on any atom is -0.437 e. The molecule has 1 aliphatic rings. The molecule has 4 heteroatoms. The van der Waals surface area contributed by atoms with Crippen molar-refractivity contribution in [2.75, 3.05) is 13.1 Å². The van der Waals surface area contributed by atoms with E-state index in [0.29, 0.717) is 12.5 Å². The third kappa shape index (κ3) is 2.46. The van der Waals surface area contributed by atoms with E-state index in [-0.39, 0.29) is 6.04 Å². The second-order valence-electron chi connectivity index (χ2n) is 3.83. The lowest BCUT2D eigenvalue weighted by Crippen LogP contribution is -2.42. The number of hydrogen-bond acceptors (Lipinski definition) is 2. The Labute approximate surface area is 80.7 Å². The first-order chi connectivity index (χ1) is 6.19. The van der Waals surface area contributed by atoms with Gasteiger partial charge in [0.1, 0.15) is 0 Å². The average molecular weight is 180 g/mol. The summed E-state index contributed by atoms with van der Waals surface area (Å²) >= 11 is 0. The molecule has 0 radical (unpaired) electrons. The van der Waals surface area contributed by atoms with Crippen molar-refractivity contribution < 1.29 is 5.02 Å². The van der Waals surface area contributed by atoms with Crippen molar-refractivity contribution in [1.29, 1.82) is 0 Å². The van der Waals surface area contributed by atoms with E-state index >= 15 is 0 Å². The zero-order valence-corrected chi connectivity index (χ0v) is 8.40. The quantitative estimate of drug-likeness (QED) is 0.520. The number of nitrogens with zero attached hydrogens (tertiary/aromatic N) is 2. The fourth-order valence-corrected chi connectivity index (χ4v) is 2.08. The molecular formula is C9H17BN2O. The monoisotopic (exact) mass is 180 g/mol. The molecule has 1 aliphatic heterocycles. The fraction of sp³-hybridized carbons (Fsp3) is 0.889. The fourth-order valence-electron chi connectivity index (χ4n) is 2.08. The zero-order chi connectivity index (χ0) is 9.84. The Balaban J connectivity index is 2.55. The Hall–Kier alpha value is -0.525. The number of rotatable bonds is 3. The van der Waals surface area contributed by atoms with Crippen LogP contribution in [0, 0.1) is 12.5 Å². The van der Waals surface area contributed by atoms with Gasteiger partial charge in [0.05, 0.1) is 6.04 Å². The minimum absolute atomic E-state index is 0.280. The van der Waals surface area contributed by atoms with Crippen LogP contribution in [0.2, 0.25) is 6.82 Å². The van der Waals surface area contributed by atoms with E-state index in [2.05, 4.69) is 11.8 Å². The molecule has 1 saturated heterocycles. The van der Waals surface area contributed by atoms with E-state index < -0.39 is 7.05 Å². The Bertz CT molecular complexity index is 202. The summed E-state index contributed by atoms with van der Waals surface area (Å²) in [7, 11) is -0.400. The molecule has 13 heavy (non-hydrogen) atoms. The molecule has 0 aromatic rings. The van der Waals surface area contributed by atoms with Crippen LogP contribution in [0.4, 0.5) is 0 Å². The van der Waals surface area contributed by atoms with E-state index in [0.717, 1.165) is 19.4 Å². The lowest BCUT2D eigenvalue weighted by Gasteiger charge is -2.20. The third-order valence-electron chi connectivity index (χ3n) is 2.90. The first-order valence-corrected chi connectivity index (χ1v) is 4.96. The van der Waals surface area contributed by atoms with Crippen molar-refractivity contribution in [2.24, 2.45) is 5.92 Å². The van der Waals surface area contributed by atoms with Crippen LogP contribution in [-0.2, 0) is 0 Å². The van der Waals surface area contributed by atoms with Crippen LogP contribution in [0.1, 0.15) is 19.8 Å². The smallest absolute Gasteiger partial charge is 0.376 e. The first kappa shape index (κ1) is 10.6. The van der Waals surface area contributed by atoms with Gasteiger partial charge in [0.2, 0.25) is 6.54 Å². The molecule has 1 rings (SSSR count). The van der Waals surface area contributed by atoms with E-state index in [4.69, 9.17) is 6.57 Å². The lowest BCUT2D eigenvalue weighted by molar-refractivity contribution is 0.354.